The first-order valence-electron chi connectivity index (χ1n) is 4.62. The fourth-order valence-electron chi connectivity index (χ4n) is 1.18. The third kappa shape index (κ3) is 2.56. The van der Waals surface area contributed by atoms with Gasteiger partial charge < -0.3 is 16.0 Å². The van der Waals surface area contributed by atoms with Crippen LogP contribution >= 0.6 is 0 Å². The normalized spacial score (nSPS) is 10.0. The van der Waals surface area contributed by atoms with Gasteiger partial charge in [-0.3, -0.25) is 0 Å². The van der Waals surface area contributed by atoms with E-state index >= 15 is 0 Å². The van der Waals surface area contributed by atoms with Gasteiger partial charge in [-0.25, -0.2) is 9.97 Å². The monoisotopic (exact) mass is 195 g/mol. The number of aryl methyl sites for hydroxylation is 1. The Kier molecular flexibility index (Phi) is 3.64. The molecule has 0 saturated heterocycles. The summed E-state index contributed by atoms with van der Waals surface area (Å²) in [5.74, 6) is 2.49. The van der Waals surface area contributed by atoms with E-state index in [0.29, 0.717) is 6.54 Å². The summed E-state index contributed by atoms with van der Waals surface area (Å²) >= 11 is 0. The second kappa shape index (κ2) is 4.76. The largest absolute Gasteiger partial charge is 0.373 e. The molecule has 3 N–H and O–H groups in total. The molecule has 0 aromatic carbocycles. The molecule has 78 valence electrons. The maximum atomic E-state index is 5.47. The highest BCUT2D eigenvalue weighted by Gasteiger charge is 2.04. The van der Waals surface area contributed by atoms with E-state index in [2.05, 4.69) is 15.3 Å². The van der Waals surface area contributed by atoms with E-state index in [1.54, 1.807) is 0 Å². The standard InChI is InChI=1S/C9H17N5/c1-7-12-8(11-2)6-9(13-7)14(3)5-4-10/h6H,4-5,10H2,1-3H3,(H,11,12,13). The summed E-state index contributed by atoms with van der Waals surface area (Å²) in [6.07, 6.45) is 0. The van der Waals surface area contributed by atoms with Crippen molar-refractivity contribution in [1.29, 1.82) is 0 Å². The molecule has 0 atom stereocenters. The van der Waals surface area contributed by atoms with Gasteiger partial charge in [-0.15, -0.1) is 0 Å². The minimum absolute atomic E-state index is 0.619. The zero-order valence-corrected chi connectivity index (χ0v) is 8.91. The van der Waals surface area contributed by atoms with Crippen molar-refractivity contribution >= 4 is 11.6 Å². The molecule has 1 aromatic heterocycles. The zero-order chi connectivity index (χ0) is 10.6. The Morgan fingerprint density at radius 2 is 2.21 bits per heavy atom. The summed E-state index contributed by atoms with van der Waals surface area (Å²) in [6, 6.07) is 1.91. The van der Waals surface area contributed by atoms with Crippen molar-refractivity contribution in [2.45, 2.75) is 6.92 Å². The first kappa shape index (κ1) is 10.7. The van der Waals surface area contributed by atoms with E-state index in [1.807, 2.05) is 32.0 Å². The summed E-state index contributed by atoms with van der Waals surface area (Å²) < 4.78 is 0. The lowest BCUT2D eigenvalue weighted by Gasteiger charge is -2.17. The van der Waals surface area contributed by atoms with E-state index in [-0.39, 0.29) is 0 Å². The quantitative estimate of drug-likeness (QED) is 0.719. The molecule has 0 radical (unpaired) electrons. The number of likely N-dealkylation sites (N-methyl/N-ethyl adjacent to an activating group) is 1. The topological polar surface area (TPSA) is 67.1 Å². The molecule has 0 fully saturated rings. The van der Waals surface area contributed by atoms with Crippen LogP contribution in [0.2, 0.25) is 0 Å². The second-order valence-corrected chi connectivity index (χ2v) is 3.12. The van der Waals surface area contributed by atoms with Crippen LogP contribution in [-0.2, 0) is 0 Å². The number of nitrogens with two attached hydrogens (primary N) is 1. The van der Waals surface area contributed by atoms with Crippen LogP contribution in [0.25, 0.3) is 0 Å². The summed E-state index contributed by atoms with van der Waals surface area (Å²) in [5, 5.41) is 3.00. The Balaban J connectivity index is 2.90. The lowest BCUT2D eigenvalue weighted by Crippen LogP contribution is -2.26. The average Bonchev–Trinajstić information content (AvgIpc) is 2.17. The molecular weight excluding hydrogens is 178 g/mol. The van der Waals surface area contributed by atoms with E-state index in [4.69, 9.17) is 5.73 Å². The van der Waals surface area contributed by atoms with Crippen LogP contribution in [0.3, 0.4) is 0 Å². The Labute approximate surface area is 84.3 Å². The van der Waals surface area contributed by atoms with Gasteiger partial charge in [0.2, 0.25) is 0 Å². The van der Waals surface area contributed by atoms with Crippen molar-refractivity contribution in [2.75, 3.05) is 37.4 Å². The number of nitrogens with zero attached hydrogens (tertiary/aromatic N) is 3. The zero-order valence-electron chi connectivity index (χ0n) is 8.91. The number of anilines is 2. The van der Waals surface area contributed by atoms with Crippen molar-refractivity contribution in [2.24, 2.45) is 5.73 Å². The summed E-state index contributed by atoms with van der Waals surface area (Å²) in [7, 11) is 3.81. The summed E-state index contributed by atoms with van der Waals surface area (Å²) in [4.78, 5) is 10.5. The SMILES string of the molecule is CNc1cc(N(C)CCN)nc(C)n1. The van der Waals surface area contributed by atoms with Crippen LogP contribution in [0.5, 0.6) is 0 Å². The van der Waals surface area contributed by atoms with Crippen molar-refractivity contribution in [3.05, 3.63) is 11.9 Å². The third-order valence-corrected chi connectivity index (χ3v) is 1.94. The van der Waals surface area contributed by atoms with Gasteiger partial charge in [0, 0.05) is 33.3 Å². The van der Waals surface area contributed by atoms with E-state index in [9.17, 15) is 0 Å². The van der Waals surface area contributed by atoms with Gasteiger partial charge in [-0.1, -0.05) is 0 Å². The summed E-state index contributed by atoms with van der Waals surface area (Å²) in [6.45, 7) is 3.29. The van der Waals surface area contributed by atoms with Crippen LogP contribution < -0.4 is 16.0 Å². The van der Waals surface area contributed by atoms with Crippen molar-refractivity contribution < 1.29 is 0 Å². The molecule has 0 aliphatic heterocycles. The van der Waals surface area contributed by atoms with Crippen LogP contribution in [0.1, 0.15) is 5.82 Å². The fraction of sp³-hybridized carbons (Fsp3) is 0.556. The van der Waals surface area contributed by atoms with Gasteiger partial charge in [0.1, 0.15) is 17.5 Å². The second-order valence-electron chi connectivity index (χ2n) is 3.12. The van der Waals surface area contributed by atoms with Crippen molar-refractivity contribution in [1.82, 2.24) is 9.97 Å². The molecule has 0 saturated carbocycles. The molecule has 5 heteroatoms. The molecular formula is C9H17N5. The molecule has 14 heavy (non-hydrogen) atoms. The lowest BCUT2D eigenvalue weighted by atomic mass is 10.4. The van der Waals surface area contributed by atoms with Crippen LogP contribution in [0.4, 0.5) is 11.6 Å². The fourth-order valence-corrected chi connectivity index (χ4v) is 1.18. The van der Waals surface area contributed by atoms with Crippen molar-refractivity contribution in [3.63, 3.8) is 0 Å². The molecule has 1 heterocycles. The highest BCUT2D eigenvalue weighted by molar-refractivity contribution is 5.48. The highest BCUT2D eigenvalue weighted by Crippen LogP contribution is 2.13. The lowest BCUT2D eigenvalue weighted by molar-refractivity contribution is 0.857. The number of rotatable bonds is 4. The van der Waals surface area contributed by atoms with Gasteiger partial charge in [0.05, 0.1) is 0 Å². The van der Waals surface area contributed by atoms with Gasteiger partial charge in [-0.2, -0.15) is 0 Å². The first-order valence-corrected chi connectivity index (χ1v) is 4.62. The van der Waals surface area contributed by atoms with Gasteiger partial charge >= 0.3 is 0 Å². The smallest absolute Gasteiger partial charge is 0.134 e. The van der Waals surface area contributed by atoms with Gasteiger partial charge in [0.15, 0.2) is 0 Å². The predicted molar refractivity (Wildman–Crippen MR) is 58.6 cm³/mol. The average molecular weight is 195 g/mol. The highest BCUT2D eigenvalue weighted by atomic mass is 15.2. The molecule has 0 bridgehead atoms. The van der Waals surface area contributed by atoms with Crippen LogP contribution in [-0.4, -0.2) is 37.2 Å². The van der Waals surface area contributed by atoms with E-state index in [0.717, 1.165) is 24.0 Å². The Bertz CT molecular complexity index is 299. The molecule has 0 spiro atoms. The molecule has 0 aliphatic rings. The number of hydrogen-bond acceptors (Lipinski definition) is 5. The first-order chi connectivity index (χ1) is 6.67. The number of aromatic nitrogens is 2. The maximum absolute atomic E-state index is 5.47. The number of hydrogen-bond donors (Lipinski definition) is 2. The van der Waals surface area contributed by atoms with Crippen LogP contribution in [0, 0.1) is 6.92 Å². The van der Waals surface area contributed by atoms with Crippen LogP contribution in [0.15, 0.2) is 6.07 Å². The molecule has 0 unspecified atom stereocenters. The Morgan fingerprint density at radius 1 is 1.50 bits per heavy atom. The molecule has 0 amide bonds. The maximum Gasteiger partial charge on any atom is 0.134 e. The molecule has 5 nitrogen and oxygen atoms in total. The van der Waals surface area contributed by atoms with Crippen molar-refractivity contribution in [3.8, 4) is 0 Å². The minimum Gasteiger partial charge on any atom is -0.373 e. The van der Waals surface area contributed by atoms with Gasteiger partial charge in [0.25, 0.3) is 0 Å². The molecule has 1 aromatic rings. The Hall–Kier alpha value is -1.36. The summed E-state index contributed by atoms with van der Waals surface area (Å²) in [5.41, 5.74) is 5.47. The number of nitrogens with one attached hydrogen (secondary N) is 1. The van der Waals surface area contributed by atoms with E-state index in [1.165, 1.54) is 0 Å². The van der Waals surface area contributed by atoms with E-state index < -0.39 is 0 Å². The Morgan fingerprint density at radius 3 is 2.79 bits per heavy atom. The molecule has 0 aliphatic carbocycles. The third-order valence-electron chi connectivity index (χ3n) is 1.94. The molecule has 1 rings (SSSR count). The minimum atomic E-state index is 0.619. The predicted octanol–water partition coefficient (Wildman–Crippen LogP) is 0.222. The van der Waals surface area contributed by atoms with Gasteiger partial charge in [-0.05, 0) is 6.92 Å².